The molecular formula is C98H116Cl5NP4Ru2-8. The van der Waals surface area contributed by atoms with Crippen molar-refractivity contribution in [3.8, 4) is 0 Å². The quantitative estimate of drug-likeness (QED) is 0.0730. The van der Waals surface area contributed by atoms with Crippen LogP contribution in [-0.4, -0.2) is 14.1 Å². The van der Waals surface area contributed by atoms with E-state index in [4.69, 9.17) is 38.8 Å². The number of hydrogen-bond acceptors (Lipinski definition) is 1. The molecule has 1 N–H and O–H groups in total. The number of nitrogens with one attached hydrogen (secondary N) is 1. The van der Waals surface area contributed by atoms with Gasteiger partial charge in [-0.2, -0.15) is 0 Å². The average molecular weight is 1810 g/mol. The van der Waals surface area contributed by atoms with Gasteiger partial charge in [0, 0.05) is 0 Å². The molecule has 12 aromatic carbocycles. The Bertz CT molecular complexity index is 3610. The molecule has 0 aliphatic heterocycles. The SMILES string of the molecule is CNC.Cl.[CH3-].[CH3-].[CH3-].[CH3-].[CH3-].[CH3-].[CH3-].[CH3-].[Cl][Ru][Cl].[Cl][Ru][Cl].c1ccc(P(c2ccccc2)c2ccc3c(c2)CCCC3)cc1.c1ccc(P(c2ccccc2)c2ccc3c(c2)CCCC3)cc1.c1ccc(P(c2ccccc2)c2ccc3c(c2)CCCC3)cc1.c1ccc(P(c2ccccc2)c2ccc3c(c2)CCCC3)cc1. The number of rotatable bonds is 12. The summed E-state index contributed by atoms with van der Waals surface area (Å²) >= 11 is -0.691. The van der Waals surface area contributed by atoms with Crippen molar-refractivity contribution in [2.24, 2.45) is 0 Å². The molecule has 0 bridgehead atoms. The van der Waals surface area contributed by atoms with Crippen molar-refractivity contribution in [2.75, 3.05) is 14.1 Å². The Hall–Kier alpha value is -4.98. The van der Waals surface area contributed by atoms with Crippen LogP contribution in [0.15, 0.2) is 315 Å². The molecule has 0 unspecified atom stereocenters. The van der Waals surface area contributed by atoms with Crippen LogP contribution in [0, 0.1) is 59.4 Å². The van der Waals surface area contributed by atoms with E-state index < -0.39 is 31.7 Å². The van der Waals surface area contributed by atoms with Crippen LogP contribution in [0.2, 0.25) is 0 Å². The Morgan fingerprint density at radius 1 is 0.200 bits per heavy atom. The minimum absolute atomic E-state index is 0. The van der Waals surface area contributed by atoms with E-state index in [1.165, 1.54) is 166 Å². The standard InChI is InChI=1S/4C22H21P.C2H7N.8CH3.5ClH.2Ru/c4*1-3-11-20(12-4-1)23(21-13-5-2-6-14-21)22-16-15-18-9-7-8-10-19(18)17-22;1-3-2;;;;;;;;;;;;;;;/h4*1-6,11-17H,7-10H2;3H,1-2H3;8*1H3;5*1H;;/q;;;;;8*-1;;;;;;2*+2/p-4. The van der Waals surface area contributed by atoms with E-state index in [9.17, 15) is 0 Å². The fraction of sp³-hybridized carbons (Fsp3) is 0.184. The van der Waals surface area contributed by atoms with Gasteiger partial charge in [-0.3, -0.25) is 0 Å². The number of hydrogen-bond donors (Lipinski definition) is 1. The van der Waals surface area contributed by atoms with Gasteiger partial charge in [0.05, 0.1) is 0 Å². The molecular weight excluding hydrogens is 1690 g/mol. The minimum atomic E-state index is -0.461. The van der Waals surface area contributed by atoms with Gasteiger partial charge in [0.15, 0.2) is 0 Å². The third-order valence-electron chi connectivity index (χ3n) is 18.5. The topological polar surface area (TPSA) is 12.0 Å². The van der Waals surface area contributed by atoms with Crippen LogP contribution in [0.1, 0.15) is 95.9 Å². The molecule has 0 heterocycles. The first-order chi connectivity index (χ1) is 49.9. The summed E-state index contributed by atoms with van der Waals surface area (Å²) in [5.74, 6) is 0. The summed E-state index contributed by atoms with van der Waals surface area (Å²) in [5, 5.41) is 20.2. The van der Waals surface area contributed by atoms with Gasteiger partial charge in [-0.05, 0) is 257 Å². The van der Waals surface area contributed by atoms with Crippen LogP contribution < -0.4 is 69.0 Å². The van der Waals surface area contributed by atoms with E-state index in [-0.39, 0.29) is 102 Å². The van der Waals surface area contributed by atoms with Gasteiger partial charge in [-0.15, -0.1) is 12.4 Å². The van der Waals surface area contributed by atoms with Gasteiger partial charge >= 0.3 is 69.1 Å². The monoisotopic (exact) mass is 1810 g/mol. The summed E-state index contributed by atoms with van der Waals surface area (Å²) in [6, 6.07) is 117. The summed E-state index contributed by atoms with van der Waals surface area (Å²) in [6.45, 7) is 0. The van der Waals surface area contributed by atoms with Gasteiger partial charge in [0.2, 0.25) is 0 Å². The maximum atomic E-state index is 4.85. The zero-order chi connectivity index (χ0) is 70.1. The maximum Gasteiger partial charge on any atom is -0.0134 e. The zero-order valence-electron chi connectivity index (χ0n) is 66.3. The van der Waals surface area contributed by atoms with Crippen molar-refractivity contribution in [1.82, 2.24) is 5.32 Å². The fourth-order valence-electron chi connectivity index (χ4n) is 13.8. The fourth-order valence-corrected chi connectivity index (χ4v) is 23.2. The molecule has 0 radical (unpaired) electrons. The van der Waals surface area contributed by atoms with Gasteiger partial charge < -0.3 is 64.7 Å². The van der Waals surface area contributed by atoms with E-state index in [0.717, 1.165) is 0 Å². The Kier molecular flexibility index (Phi) is 54.3. The normalized spacial score (nSPS) is 12.1. The van der Waals surface area contributed by atoms with Crippen LogP contribution in [0.4, 0.5) is 0 Å². The summed E-state index contributed by atoms with van der Waals surface area (Å²) in [6.07, 6.45) is 20.7. The molecule has 1 nitrogen and oxygen atoms in total. The summed E-state index contributed by atoms with van der Waals surface area (Å²) in [4.78, 5) is 0. The van der Waals surface area contributed by atoms with Gasteiger partial charge in [0.25, 0.3) is 0 Å². The van der Waals surface area contributed by atoms with Crippen LogP contribution in [0.5, 0.6) is 0 Å². The molecule has 12 heteroatoms. The molecule has 0 atom stereocenters. The van der Waals surface area contributed by atoms with Crippen LogP contribution >= 0.6 is 82.9 Å². The third kappa shape index (κ3) is 30.7. The molecule has 0 saturated carbocycles. The Balaban J connectivity index is 0.000000688. The minimum Gasteiger partial charge on any atom is -0.0622 e. The molecule has 0 amide bonds. The third-order valence-corrected chi connectivity index (χ3v) is 28.2. The van der Waals surface area contributed by atoms with Crippen molar-refractivity contribution in [3.63, 3.8) is 0 Å². The first kappa shape index (κ1) is 103. The molecule has 0 aromatic heterocycles. The molecule has 110 heavy (non-hydrogen) atoms. The zero-order valence-corrected chi connectivity index (χ0v) is 77.1. The van der Waals surface area contributed by atoms with Crippen molar-refractivity contribution in [3.05, 3.63) is 419 Å². The second-order valence-electron chi connectivity index (χ2n) is 25.3. The molecule has 0 saturated heterocycles. The van der Waals surface area contributed by atoms with E-state index in [1.54, 1.807) is 44.5 Å². The molecule has 4 aliphatic carbocycles. The molecule has 0 fully saturated rings. The molecule has 4 aliphatic rings. The number of benzene rings is 12. The number of fused-ring (bicyclic) bond motifs is 4. The second kappa shape index (κ2) is 58.0. The van der Waals surface area contributed by atoms with Crippen LogP contribution in [0.3, 0.4) is 0 Å². The predicted molar refractivity (Wildman–Crippen MR) is 504 cm³/mol. The van der Waals surface area contributed by atoms with E-state index in [1.807, 2.05) is 14.1 Å². The molecule has 592 valence electrons. The summed E-state index contributed by atoms with van der Waals surface area (Å²) < 4.78 is 0. The van der Waals surface area contributed by atoms with E-state index in [0.29, 0.717) is 0 Å². The average Bonchev–Trinajstić information content (AvgIpc) is 0.817. The predicted octanol–water partition coefficient (Wildman–Crippen LogP) is 23.9. The van der Waals surface area contributed by atoms with Crippen molar-refractivity contribution in [1.29, 1.82) is 0 Å². The summed E-state index contributed by atoms with van der Waals surface area (Å²) in [5.41, 5.74) is 12.6. The molecule has 16 rings (SSSR count). The Labute approximate surface area is 711 Å². The largest absolute Gasteiger partial charge is 0.0622 e. The first-order valence-corrected chi connectivity index (χ1v) is 49.6. The van der Waals surface area contributed by atoms with Crippen molar-refractivity contribution in [2.45, 2.75) is 103 Å². The maximum absolute atomic E-state index is 4.85. The first-order valence-electron chi connectivity index (χ1n) is 35.3. The summed E-state index contributed by atoms with van der Waals surface area (Å²) in [7, 11) is 21.3. The van der Waals surface area contributed by atoms with Gasteiger partial charge in [-0.25, -0.2) is 0 Å². The molecule has 0 spiro atoms. The Morgan fingerprint density at radius 3 is 0.445 bits per heavy atom. The van der Waals surface area contributed by atoms with Crippen LogP contribution in [0.25, 0.3) is 0 Å². The smallest absolute Gasteiger partial charge is 0.0134 e. The van der Waals surface area contributed by atoms with Crippen molar-refractivity contribution >= 4 is 147 Å². The van der Waals surface area contributed by atoms with E-state index >= 15 is 0 Å². The van der Waals surface area contributed by atoms with Gasteiger partial charge in [-0.1, -0.05) is 315 Å². The van der Waals surface area contributed by atoms with E-state index in [2.05, 4.69) is 321 Å². The Morgan fingerprint density at radius 2 is 0.318 bits per heavy atom. The van der Waals surface area contributed by atoms with Gasteiger partial charge in [0.1, 0.15) is 0 Å². The number of aryl methyl sites for hydroxylation is 8. The van der Waals surface area contributed by atoms with Crippen LogP contribution in [-0.2, 0) is 81.7 Å². The second-order valence-corrected chi connectivity index (χ2v) is 39.4. The molecule has 12 aromatic rings. The number of halogens is 5. The van der Waals surface area contributed by atoms with Crippen molar-refractivity contribution < 1.29 is 30.3 Å².